The number of fused-ring (bicyclic) bond motifs is 1. The van der Waals surface area contributed by atoms with Crippen molar-refractivity contribution >= 4 is 17.4 Å². The second kappa shape index (κ2) is 8.20. The zero-order valence-electron chi connectivity index (χ0n) is 16.9. The lowest BCUT2D eigenvalue weighted by molar-refractivity contribution is 0.290. The number of imidazole rings is 1. The Morgan fingerprint density at radius 3 is 2.86 bits per heavy atom. The van der Waals surface area contributed by atoms with Crippen molar-refractivity contribution in [1.29, 1.82) is 0 Å². The predicted molar refractivity (Wildman–Crippen MR) is 110 cm³/mol. The zero-order valence-corrected chi connectivity index (χ0v) is 16.9. The number of aryl methyl sites for hydroxylation is 2. The molecule has 8 nitrogen and oxygen atoms in total. The van der Waals surface area contributed by atoms with Crippen LogP contribution in [0.15, 0.2) is 23.6 Å². The highest BCUT2D eigenvalue weighted by Crippen LogP contribution is 2.27. The molecule has 0 radical (unpaired) electrons. The molecule has 3 aromatic rings. The molecular weight excluding hydrogens is 371 g/mol. The second-order valence-electron chi connectivity index (χ2n) is 7.23. The summed E-state index contributed by atoms with van der Waals surface area (Å²) < 4.78 is 15.9. The minimum atomic E-state index is -0.390. The normalized spacial score (nSPS) is 16.3. The smallest absolute Gasteiger partial charge is 0.164 e. The summed E-state index contributed by atoms with van der Waals surface area (Å²) in [4.78, 5) is 18.1. The third kappa shape index (κ3) is 3.95. The molecule has 0 fully saturated rings. The first kappa shape index (κ1) is 19.4. The lowest BCUT2D eigenvalue weighted by Gasteiger charge is -2.17. The maximum absolute atomic E-state index is 13.9. The number of likely N-dealkylation sites (N-methyl/N-ethyl adjacent to an activating group) is 1. The van der Waals surface area contributed by atoms with Crippen LogP contribution in [0.3, 0.4) is 0 Å². The van der Waals surface area contributed by atoms with Gasteiger partial charge in [-0.1, -0.05) is 6.92 Å². The molecule has 1 aliphatic heterocycles. The largest absolute Gasteiger partial charge is 0.318 e. The molecule has 0 aliphatic carbocycles. The number of halogens is 1. The average molecular weight is 396 g/mol. The van der Waals surface area contributed by atoms with Crippen molar-refractivity contribution < 1.29 is 4.39 Å². The Hall–Kier alpha value is -2.94. The van der Waals surface area contributed by atoms with E-state index in [1.165, 1.54) is 12.3 Å². The van der Waals surface area contributed by atoms with Crippen molar-refractivity contribution in [3.8, 4) is 11.4 Å². The minimum absolute atomic E-state index is 0.213. The van der Waals surface area contributed by atoms with Crippen LogP contribution in [-0.4, -0.2) is 62.4 Å². The van der Waals surface area contributed by atoms with Crippen LogP contribution in [0.1, 0.15) is 18.4 Å². The molecule has 0 spiro atoms. The molecule has 0 amide bonds. The highest BCUT2D eigenvalue weighted by molar-refractivity contribution is 5.79. The van der Waals surface area contributed by atoms with Gasteiger partial charge < -0.3 is 9.88 Å². The fourth-order valence-electron chi connectivity index (χ4n) is 3.56. The number of rotatable bonds is 7. The van der Waals surface area contributed by atoms with Crippen LogP contribution in [0.2, 0.25) is 0 Å². The van der Waals surface area contributed by atoms with Crippen LogP contribution < -0.4 is 5.32 Å². The number of hydrogen-bond acceptors (Lipinski definition) is 7. The quantitative estimate of drug-likeness (QED) is 0.658. The van der Waals surface area contributed by atoms with E-state index in [-0.39, 0.29) is 11.7 Å². The zero-order chi connectivity index (χ0) is 20.4. The number of nitrogens with zero attached hydrogens (tertiary/aromatic N) is 7. The van der Waals surface area contributed by atoms with E-state index in [4.69, 9.17) is 9.97 Å². The maximum Gasteiger partial charge on any atom is 0.164 e. The summed E-state index contributed by atoms with van der Waals surface area (Å²) in [5.74, 6) is 1.25. The number of nitrogens with one attached hydrogen (secondary N) is 1. The number of hydrazone groups is 1. The Morgan fingerprint density at radius 2 is 2.10 bits per heavy atom. The Labute approximate surface area is 168 Å². The molecule has 0 saturated heterocycles. The molecule has 152 valence electrons. The average Bonchev–Trinajstić information content (AvgIpc) is 3.32. The molecule has 0 bridgehead atoms. The van der Waals surface area contributed by atoms with Gasteiger partial charge in [0.05, 0.1) is 11.9 Å². The second-order valence-corrected chi connectivity index (χ2v) is 7.23. The molecule has 1 atom stereocenters. The van der Waals surface area contributed by atoms with Crippen molar-refractivity contribution in [3.05, 3.63) is 35.8 Å². The molecule has 29 heavy (non-hydrogen) atoms. The van der Waals surface area contributed by atoms with Crippen molar-refractivity contribution in [3.63, 3.8) is 0 Å². The lowest BCUT2D eigenvalue weighted by atomic mass is 10.1. The molecule has 0 saturated carbocycles. The topological polar surface area (TPSA) is 84.1 Å². The van der Waals surface area contributed by atoms with Gasteiger partial charge >= 0.3 is 0 Å². The molecule has 1 aliphatic rings. The molecule has 4 heterocycles. The summed E-state index contributed by atoms with van der Waals surface area (Å²) in [5.41, 5.74) is 2.97. The van der Waals surface area contributed by atoms with Gasteiger partial charge in [-0.05, 0) is 20.0 Å². The SMILES string of the molecule is CCc1nc(C)c2nc(-c3cncc(F)c3)n(CC3C=NN(CCNC)C3)c2n1. The Bertz CT molecular complexity index is 1040. The van der Waals surface area contributed by atoms with Gasteiger partial charge in [0.1, 0.15) is 23.0 Å². The molecule has 3 aromatic heterocycles. The molecule has 9 heteroatoms. The van der Waals surface area contributed by atoms with Gasteiger partial charge in [-0.15, -0.1) is 0 Å². The number of pyridine rings is 1. The van der Waals surface area contributed by atoms with E-state index in [1.807, 2.05) is 27.1 Å². The van der Waals surface area contributed by atoms with Crippen LogP contribution in [0.4, 0.5) is 4.39 Å². The summed E-state index contributed by atoms with van der Waals surface area (Å²) >= 11 is 0. The van der Waals surface area contributed by atoms with Gasteiger partial charge in [-0.25, -0.2) is 19.3 Å². The molecular formula is C20H25FN8. The summed E-state index contributed by atoms with van der Waals surface area (Å²) in [6.07, 6.45) is 5.54. The van der Waals surface area contributed by atoms with Gasteiger partial charge in [0.25, 0.3) is 0 Å². The van der Waals surface area contributed by atoms with Crippen LogP contribution in [-0.2, 0) is 13.0 Å². The Balaban J connectivity index is 1.75. The molecule has 1 N–H and O–H groups in total. The molecule has 4 rings (SSSR count). The van der Waals surface area contributed by atoms with Gasteiger partial charge in [0, 0.05) is 56.5 Å². The fraction of sp³-hybridized carbons (Fsp3) is 0.450. The van der Waals surface area contributed by atoms with E-state index in [2.05, 4.69) is 30.0 Å². The summed E-state index contributed by atoms with van der Waals surface area (Å²) in [6.45, 7) is 7.18. The first-order valence-corrected chi connectivity index (χ1v) is 9.87. The lowest BCUT2D eigenvalue weighted by Crippen LogP contribution is -2.28. The van der Waals surface area contributed by atoms with Gasteiger partial charge in [0.15, 0.2) is 5.65 Å². The van der Waals surface area contributed by atoms with E-state index < -0.39 is 0 Å². The van der Waals surface area contributed by atoms with Crippen molar-refractivity contribution in [2.45, 2.75) is 26.8 Å². The first-order chi connectivity index (χ1) is 14.1. The maximum atomic E-state index is 13.9. The fourth-order valence-corrected chi connectivity index (χ4v) is 3.56. The summed E-state index contributed by atoms with van der Waals surface area (Å²) in [7, 11) is 1.93. The molecule has 0 aromatic carbocycles. The van der Waals surface area contributed by atoms with Gasteiger partial charge in [-0.2, -0.15) is 5.10 Å². The highest BCUT2D eigenvalue weighted by atomic mass is 19.1. The van der Waals surface area contributed by atoms with Crippen molar-refractivity contribution in [1.82, 2.24) is 34.8 Å². The van der Waals surface area contributed by atoms with E-state index in [9.17, 15) is 4.39 Å². The Morgan fingerprint density at radius 1 is 1.24 bits per heavy atom. The molecule has 1 unspecified atom stereocenters. The number of aromatic nitrogens is 5. The van der Waals surface area contributed by atoms with E-state index >= 15 is 0 Å². The van der Waals surface area contributed by atoms with Crippen LogP contribution in [0, 0.1) is 18.7 Å². The van der Waals surface area contributed by atoms with E-state index in [0.717, 1.165) is 48.7 Å². The summed E-state index contributed by atoms with van der Waals surface area (Å²) in [5, 5.41) is 9.71. The Kier molecular flexibility index (Phi) is 5.48. The van der Waals surface area contributed by atoms with Gasteiger partial charge in [0.2, 0.25) is 0 Å². The third-order valence-electron chi connectivity index (χ3n) is 5.02. The van der Waals surface area contributed by atoms with Crippen LogP contribution >= 0.6 is 0 Å². The summed E-state index contributed by atoms with van der Waals surface area (Å²) in [6, 6.07) is 1.45. The van der Waals surface area contributed by atoms with E-state index in [1.54, 1.807) is 6.20 Å². The van der Waals surface area contributed by atoms with E-state index in [0.29, 0.717) is 17.9 Å². The van der Waals surface area contributed by atoms with Crippen LogP contribution in [0.5, 0.6) is 0 Å². The third-order valence-corrected chi connectivity index (χ3v) is 5.02. The van der Waals surface area contributed by atoms with Gasteiger partial charge in [-0.3, -0.25) is 9.99 Å². The first-order valence-electron chi connectivity index (χ1n) is 9.87. The standard InChI is InChI=1S/C20H25FN8/c1-4-17-25-13(2)18-20(26-17)29(12-14-8-24-28(11-14)6-5-22-3)19(27-18)15-7-16(21)10-23-9-15/h7-10,14,22H,4-6,11-12H2,1-3H3. The van der Waals surface area contributed by atoms with Crippen molar-refractivity contribution in [2.75, 3.05) is 26.7 Å². The monoisotopic (exact) mass is 396 g/mol. The number of hydrogen-bond donors (Lipinski definition) is 1. The minimum Gasteiger partial charge on any atom is -0.318 e. The highest BCUT2D eigenvalue weighted by Gasteiger charge is 2.23. The predicted octanol–water partition coefficient (Wildman–Crippen LogP) is 2.04. The van der Waals surface area contributed by atoms with Crippen molar-refractivity contribution in [2.24, 2.45) is 11.0 Å². The van der Waals surface area contributed by atoms with Crippen LogP contribution in [0.25, 0.3) is 22.6 Å².